The Bertz CT molecular complexity index is 818. The number of anilines is 3. The first-order valence-corrected chi connectivity index (χ1v) is 7.53. The number of pyridine rings is 1. The standard InChI is InChI=1S/C19H17N3O2/c1-14(23)21-19-12-11-15(13-20-19)22-17-9-5-6-10-18(17)24-16-7-3-2-4-8-16/h2-13,22H,1H3,(H,20,21,23). The predicted molar refractivity (Wildman–Crippen MR) is 94.8 cm³/mol. The van der Waals surface area contributed by atoms with Gasteiger partial charge in [-0.2, -0.15) is 0 Å². The Morgan fingerprint density at radius 3 is 2.42 bits per heavy atom. The number of carbonyl (C=O) groups excluding carboxylic acids is 1. The molecule has 0 atom stereocenters. The Hall–Kier alpha value is -3.34. The van der Waals surface area contributed by atoms with E-state index in [-0.39, 0.29) is 5.91 Å². The molecule has 0 aliphatic carbocycles. The zero-order chi connectivity index (χ0) is 16.8. The van der Waals surface area contributed by atoms with Crippen molar-refractivity contribution < 1.29 is 9.53 Å². The number of aromatic nitrogens is 1. The van der Waals surface area contributed by atoms with Crippen LogP contribution >= 0.6 is 0 Å². The minimum absolute atomic E-state index is 0.148. The first kappa shape index (κ1) is 15.6. The van der Waals surface area contributed by atoms with Crippen LogP contribution < -0.4 is 15.4 Å². The average Bonchev–Trinajstić information content (AvgIpc) is 2.59. The van der Waals surface area contributed by atoms with Crippen LogP contribution in [0.2, 0.25) is 0 Å². The van der Waals surface area contributed by atoms with Crippen molar-refractivity contribution in [2.75, 3.05) is 10.6 Å². The van der Waals surface area contributed by atoms with Crippen molar-refractivity contribution in [3.8, 4) is 11.5 Å². The van der Waals surface area contributed by atoms with Crippen LogP contribution in [0.25, 0.3) is 0 Å². The molecule has 0 fully saturated rings. The zero-order valence-corrected chi connectivity index (χ0v) is 13.2. The number of hydrogen-bond donors (Lipinski definition) is 2. The number of ether oxygens (including phenoxy) is 1. The van der Waals surface area contributed by atoms with Crippen LogP contribution in [0.4, 0.5) is 17.2 Å². The molecule has 2 aromatic carbocycles. The van der Waals surface area contributed by atoms with Crippen molar-refractivity contribution in [3.63, 3.8) is 0 Å². The van der Waals surface area contributed by atoms with E-state index in [1.54, 1.807) is 12.3 Å². The molecule has 2 N–H and O–H groups in total. The third-order valence-electron chi connectivity index (χ3n) is 3.20. The van der Waals surface area contributed by atoms with Crippen molar-refractivity contribution in [1.82, 2.24) is 4.98 Å². The summed E-state index contributed by atoms with van der Waals surface area (Å²) in [5, 5.41) is 5.91. The van der Waals surface area contributed by atoms with Crippen molar-refractivity contribution in [2.45, 2.75) is 6.92 Å². The van der Waals surface area contributed by atoms with Crippen LogP contribution in [-0.2, 0) is 4.79 Å². The van der Waals surface area contributed by atoms with E-state index in [0.29, 0.717) is 5.82 Å². The second kappa shape index (κ2) is 7.28. The highest BCUT2D eigenvalue weighted by atomic mass is 16.5. The predicted octanol–water partition coefficient (Wildman–Crippen LogP) is 4.58. The second-order valence-electron chi connectivity index (χ2n) is 5.15. The Labute approximate surface area is 140 Å². The topological polar surface area (TPSA) is 63.2 Å². The van der Waals surface area contributed by atoms with Crippen LogP contribution in [0.5, 0.6) is 11.5 Å². The lowest BCUT2D eigenvalue weighted by atomic mass is 10.2. The molecule has 3 aromatic rings. The molecular weight excluding hydrogens is 302 g/mol. The number of carbonyl (C=O) groups is 1. The van der Waals surface area contributed by atoms with E-state index in [1.165, 1.54) is 6.92 Å². The van der Waals surface area contributed by atoms with Gasteiger partial charge in [0.05, 0.1) is 17.6 Å². The zero-order valence-electron chi connectivity index (χ0n) is 13.2. The summed E-state index contributed by atoms with van der Waals surface area (Å²) in [5.41, 5.74) is 1.63. The minimum atomic E-state index is -0.148. The Balaban J connectivity index is 1.76. The molecule has 120 valence electrons. The van der Waals surface area contributed by atoms with E-state index in [1.807, 2.05) is 60.7 Å². The van der Waals surface area contributed by atoms with Crippen LogP contribution in [0.1, 0.15) is 6.92 Å². The summed E-state index contributed by atoms with van der Waals surface area (Å²) >= 11 is 0. The van der Waals surface area contributed by atoms with Crippen LogP contribution in [-0.4, -0.2) is 10.9 Å². The van der Waals surface area contributed by atoms with Crippen molar-refractivity contribution in [1.29, 1.82) is 0 Å². The van der Waals surface area contributed by atoms with E-state index in [4.69, 9.17) is 4.74 Å². The molecule has 5 heteroatoms. The normalized spacial score (nSPS) is 10.0. The van der Waals surface area contributed by atoms with E-state index in [2.05, 4.69) is 15.6 Å². The van der Waals surface area contributed by atoms with Gasteiger partial charge in [0, 0.05) is 6.92 Å². The number of rotatable bonds is 5. The highest BCUT2D eigenvalue weighted by molar-refractivity contribution is 5.87. The average molecular weight is 319 g/mol. The summed E-state index contributed by atoms with van der Waals surface area (Å²) in [6.07, 6.45) is 1.66. The molecule has 0 saturated carbocycles. The summed E-state index contributed by atoms with van der Waals surface area (Å²) in [6.45, 7) is 1.45. The minimum Gasteiger partial charge on any atom is -0.455 e. The number of amides is 1. The van der Waals surface area contributed by atoms with E-state index >= 15 is 0 Å². The molecule has 1 heterocycles. The monoisotopic (exact) mass is 319 g/mol. The molecule has 24 heavy (non-hydrogen) atoms. The second-order valence-corrected chi connectivity index (χ2v) is 5.15. The van der Waals surface area contributed by atoms with Gasteiger partial charge in [-0.25, -0.2) is 4.98 Å². The van der Waals surface area contributed by atoms with Gasteiger partial charge in [-0.15, -0.1) is 0 Å². The fourth-order valence-corrected chi connectivity index (χ4v) is 2.15. The van der Waals surface area contributed by atoms with Gasteiger partial charge in [0.15, 0.2) is 5.75 Å². The largest absolute Gasteiger partial charge is 0.455 e. The maximum atomic E-state index is 11.0. The molecule has 0 unspecified atom stereocenters. The Kier molecular flexibility index (Phi) is 4.72. The van der Waals surface area contributed by atoms with Crippen LogP contribution in [0, 0.1) is 0 Å². The molecular formula is C19H17N3O2. The fraction of sp³-hybridized carbons (Fsp3) is 0.0526. The van der Waals surface area contributed by atoms with Crippen LogP contribution in [0.3, 0.4) is 0 Å². The van der Waals surface area contributed by atoms with Crippen molar-refractivity contribution >= 4 is 23.1 Å². The first-order chi connectivity index (χ1) is 11.7. The highest BCUT2D eigenvalue weighted by Gasteiger charge is 2.05. The first-order valence-electron chi connectivity index (χ1n) is 7.53. The molecule has 5 nitrogen and oxygen atoms in total. The third-order valence-corrected chi connectivity index (χ3v) is 3.20. The molecule has 1 amide bonds. The smallest absolute Gasteiger partial charge is 0.222 e. The molecule has 0 bridgehead atoms. The van der Waals surface area contributed by atoms with Gasteiger partial charge in [-0.3, -0.25) is 4.79 Å². The van der Waals surface area contributed by atoms with E-state index in [0.717, 1.165) is 22.9 Å². The number of para-hydroxylation sites is 3. The molecule has 3 rings (SSSR count). The molecule has 1 aromatic heterocycles. The molecule has 0 aliphatic rings. The van der Waals surface area contributed by atoms with Gasteiger partial charge >= 0.3 is 0 Å². The van der Waals surface area contributed by atoms with Gasteiger partial charge in [0.25, 0.3) is 0 Å². The fourth-order valence-electron chi connectivity index (χ4n) is 2.15. The number of benzene rings is 2. The lowest BCUT2D eigenvalue weighted by Gasteiger charge is -2.13. The summed E-state index contributed by atoms with van der Waals surface area (Å²) in [6, 6.07) is 20.9. The maximum Gasteiger partial charge on any atom is 0.222 e. The highest BCUT2D eigenvalue weighted by Crippen LogP contribution is 2.31. The SMILES string of the molecule is CC(=O)Nc1ccc(Nc2ccccc2Oc2ccccc2)cn1. The van der Waals surface area contributed by atoms with E-state index < -0.39 is 0 Å². The van der Waals surface area contributed by atoms with Gasteiger partial charge in [0.2, 0.25) is 5.91 Å². The summed E-state index contributed by atoms with van der Waals surface area (Å²) in [7, 11) is 0. The van der Waals surface area contributed by atoms with Gasteiger partial charge in [-0.05, 0) is 36.4 Å². The lowest BCUT2D eigenvalue weighted by molar-refractivity contribution is -0.114. The third kappa shape index (κ3) is 4.10. The van der Waals surface area contributed by atoms with Crippen LogP contribution in [0.15, 0.2) is 72.9 Å². The van der Waals surface area contributed by atoms with Crippen molar-refractivity contribution in [3.05, 3.63) is 72.9 Å². The molecule has 0 aliphatic heterocycles. The van der Waals surface area contributed by atoms with Gasteiger partial charge in [-0.1, -0.05) is 30.3 Å². The summed E-state index contributed by atoms with van der Waals surface area (Å²) in [4.78, 5) is 15.2. The number of nitrogens with zero attached hydrogens (tertiary/aromatic N) is 1. The summed E-state index contributed by atoms with van der Waals surface area (Å²) in [5.74, 6) is 1.85. The lowest BCUT2D eigenvalue weighted by Crippen LogP contribution is -2.07. The number of nitrogens with one attached hydrogen (secondary N) is 2. The quantitative estimate of drug-likeness (QED) is 0.723. The number of hydrogen-bond acceptors (Lipinski definition) is 4. The van der Waals surface area contributed by atoms with E-state index in [9.17, 15) is 4.79 Å². The van der Waals surface area contributed by atoms with Crippen molar-refractivity contribution in [2.24, 2.45) is 0 Å². The maximum absolute atomic E-state index is 11.0. The van der Waals surface area contributed by atoms with Gasteiger partial charge < -0.3 is 15.4 Å². The van der Waals surface area contributed by atoms with Gasteiger partial charge in [0.1, 0.15) is 11.6 Å². The molecule has 0 spiro atoms. The Morgan fingerprint density at radius 1 is 0.958 bits per heavy atom. The molecule has 0 radical (unpaired) electrons. The summed E-state index contributed by atoms with van der Waals surface area (Å²) < 4.78 is 5.92. The molecule has 0 saturated heterocycles. The Morgan fingerprint density at radius 2 is 1.71 bits per heavy atom.